The van der Waals surface area contributed by atoms with E-state index in [2.05, 4.69) is 0 Å². The molecule has 1 aliphatic rings. The van der Waals surface area contributed by atoms with Crippen LogP contribution in [-0.2, 0) is 21.2 Å². The van der Waals surface area contributed by atoms with Crippen molar-refractivity contribution >= 4 is 32.8 Å². The maximum absolute atomic E-state index is 12.8. The summed E-state index contributed by atoms with van der Waals surface area (Å²) in [6.07, 6.45) is 0.413. The van der Waals surface area contributed by atoms with Gasteiger partial charge in [0.05, 0.1) is 23.0 Å². The van der Waals surface area contributed by atoms with Crippen LogP contribution in [0.15, 0.2) is 35.7 Å². The fraction of sp³-hybridized carbons (Fsp3) is 0.389. The number of thiophene rings is 1. The number of ether oxygens (including phenoxy) is 1. The maximum Gasteiger partial charge on any atom is 0.269 e. The average molecular weight is 425 g/mol. The minimum absolute atomic E-state index is 0.0410. The molecule has 28 heavy (non-hydrogen) atoms. The minimum atomic E-state index is -3.14. The molecule has 0 radical (unpaired) electrons. The van der Waals surface area contributed by atoms with Crippen LogP contribution in [0, 0.1) is 17.0 Å². The van der Waals surface area contributed by atoms with Crippen LogP contribution in [0.3, 0.4) is 0 Å². The summed E-state index contributed by atoms with van der Waals surface area (Å²) in [6.45, 7) is 2.03. The van der Waals surface area contributed by atoms with Gasteiger partial charge in [-0.2, -0.15) is 0 Å². The number of hydrogen-bond acceptors (Lipinski definition) is 7. The first-order valence-electron chi connectivity index (χ1n) is 8.65. The van der Waals surface area contributed by atoms with Crippen molar-refractivity contribution in [3.63, 3.8) is 0 Å². The van der Waals surface area contributed by atoms with Crippen LogP contribution >= 0.6 is 11.3 Å². The number of nitrogens with zero attached hydrogens (tertiary/aromatic N) is 2. The second kappa shape index (κ2) is 8.27. The molecule has 0 spiro atoms. The smallest absolute Gasteiger partial charge is 0.269 e. The highest BCUT2D eigenvalue weighted by Gasteiger charge is 2.35. The largest absolute Gasteiger partial charge is 0.484 e. The Bertz CT molecular complexity index is 968. The van der Waals surface area contributed by atoms with Gasteiger partial charge in [-0.05, 0) is 42.5 Å². The summed E-state index contributed by atoms with van der Waals surface area (Å²) in [4.78, 5) is 25.6. The first-order valence-corrected chi connectivity index (χ1v) is 11.4. The molecule has 150 valence electrons. The van der Waals surface area contributed by atoms with Gasteiger partial charge in [0.25, 0.3) is 11.6 Å². The summed E-state index contributed by atoms with van der Waals surface area (Å²) < 4.78 is 29.2. The van der Waals surface area contributed by atoms with Crippen molar-refractivity contribution < 1.29 is 22.9 Å². The lowest BCUT2D eigenvalue weighted by molar-refractivity contribution is -0.384. The van der Waals surface area contributed by atoms with Crippen LogP contribution in [-0.4, -0.2) is 48.3 Å². The molecule has 1 saturated heterocycles. The van der Waals surface area contributed by atoms with Gasteiger partial charge in [0.1, 0.15) is 5.75 Å². The van der Waals surface area contributed by atoms with E-state index in [0.29, 0.717) is 18.7 Å². The number of nitro groups is 1. The minimum Gasteiger partial charge on any atom is -0.484 e. The zero-order valence-corrected chi connectivity index (χ0v) is 16.9. The van der Waals surface area contributed by atoms with E-state index in [1.54, 1.807) is 4.90 Å². The Morgan fingerprint density at radius 1 is 1.32 bits per heavy atom. The number of carbonyl (C=O) groups excluding carboxylic acids is 1. The molecule has 1 fully saturated rings. The molecular weight excluding hydrogens is 404 g/mol. The summed E-state index contributed by atoms with van der Waals surface area (Å²) in [5.74, 6) is 0.0629. The van der Waals surface area contributed by atoms with E-state index in [4.69, 9.17) is 4.74 Å². The summed E-state index contributed by atoms with van der Waals surface area (Å²) in [5, 5.41) is 12.6. The van der Waals surface area contributed by atoms with E-state index in [1.807, 2.05) is 18.4 Å². The van der Waals surface area contributed by atoms with Gasteiger partial charge >= 0.3 is 0 Å². The van der Waals surface area contributed by atoms with Crippen molar-refractivity contribution in [3.8, 4) is 5.75 Å². The van der Waals surface area contributed by atoms with Gasteiger partial charge in [-0.1, -0.05) is 0 Å². The van der Waals surface area contributed by atoms with Crippen molar-refractivity contribution in [3.05, 3.63) is 56.3 Å². The molecule has 0 saturated carbocycles. The first-order chi connectivity index (χ1) is 13.2. The second-order valence-electron chi connectivity index (χ2n) is 6.64. The highest BCUT2D eigenvalue weighted by molar-refractivity contribution is 7.91. The Balaban J connectivity index is 1.70. The van der Waals surface area contributed by atoms with E-state index in [-0.39, 0.29) is 35.7 Å². The van der Waals surface area contributed by atoms with Crippen molar-refractivity contribution in [2.24, 2.45) is 0 Å². The van der Waals surface area contributed by atoms with Gasteiger partial charge < -0.3 is 9.64 Å². The summed E-state index contributed by atoms with van der Waals surface area (Å²) in [6, 6.07) is 7.05. The third-order valence-corrected chi connectivity index (χ3v) is 7.42. The molecule has 0 bridgehead atoms. The fourth-order valence-corrected chi connectivity index (χ4v) is 5.69. The molecule has 2 aromatic rings. The Labute approximate surface area is 166 Å². The lowest BCUT2D eigenvalue weighted by Crippen LogP contribution is -2.43. The van der Waals surface area contributed by atoms with Crippen molar-refractivity contribution in [2.75, 3.05) is 18.1 Å². The maximum atomic E-state index is 12.8. The number of nitro benzene ring substituents is 1. The van der Waals surface area contributed by atoms with Crippen molar-refractivity contribution in [1.29, 1.82) is 0 Å². The van der Waals surface area contributed by atoms with Crippen LogP contribution in [0.4, 0.5) is 5.69 Å². The molecule has 0 N–H and O–H groups in total. The summed E-state index contributed by atoms with van der Waals surface area (Å²) in [5.41, 5.74) is 0.990. The molecular formula is C18H20N2O6S2. The Hall–Kier alpha value is -2.46. The van der Waals surface area contributed by atoms with Gasteiger partial charge in [0.15, 0.2) is 16.4 Å². The number of amides is 1. The molecule has 1 aromatic heterocycles. The van der Waals surface area contributed by atoms with Gasteiger partial charge in [-0.25, -0.2) is 8.42 Å². The number of aryl methyl sites for hydroxylation is 1. The van der Waals surface area contributed by atoms with Gasteiger partial charge in [-0.3, -0.25) is 14.9 Å². The van der Waals surface area contributed by atoms with Crippen LogP contribution in [0.5, 0.6) is 5.75 Å². The summed E-state index contributed by atoms with van der Waals surface area (Å²) in [7, 11) is -3.14. The number of hydrogen-bond donors (Lipinski definition) is 0. The SMILES string of the molecule is Cc1ccsc1CN(C(=O)COc1ccc([N+](=O)[O-])cc1)[C@H]1CCS(=O)(=O)C1. The molecule has 1 atom stereocenters. The van der Waals surface area contributed by atoms with E-state index >= 15 is 0 Å². The van der Waals surface area contributed by atoms with Gasteiger partial charge in [-0.15, -0.1) is 11.3 Å². The van der Waals surface area contributed by atoms with Crippen LogP contribution < -0.4 is 4.74 Å². The molecule has 3 rings (SSSR count). The van der Waals surface area contributed by atoms with Gasteiger partial charge in [0, 0.05) is 23.1 Å². The van der Waals surface area contributed by atoms with Crippen LogP contribution in [0.2, 0.25) is 0 Å². The predicted octanol–water partition coefficient (Wildman–Crippen LogP) is 2.56. The van der Waals surface area contributed by atoms with Crippen LogP contribution in [0.1, 0.15) is 16.9 Å². The van der Waals surface area contributed by atoms with E-state index in [0.717, 1.165) is 10.4 Å². The average Bonchev–Trinajstić information content (AvgIpc) is 3.22. The molecule has 2 heterocycles. The number of benzene rings is 1. The zero-order chi connectivity index (χ0) is 20.3. The first kappa shape index (κ1) is 20.3. The third kappa shape index (κ3) is 4.87. The fourth-order valence-electron chi connectivity index (χ4n) is 3.05. The summed E-state index contributed by atoms with van der Waals surface area (Å²) >= 11 is 1.52. The van der Waals surface area contributed by atoms with E-state index < -0.39 is 14.8 Å². The third-order valence-electron chi connectivity index (χ3n) is 4.66. The molecule has 1 aromatic carbocycles. The quantitative estimate of drug-likeness (QED) is 0.499. The lowest BCUT2D eigenvalue weighted by Gasteiger charge is -2.28. The Morgan fingerprint density at radius 2 is 2.04 bits per heavy atom. The number of rotatable bonds is 7. The second-order valence-corrected chi connectivity index (χ2v) is 9.87. The number of sulfone groups is 1. The standard InChI is InChI=1S/C18H20N2O6S2/c1-13-6-8-27-17(13)10-19(15-7-9-28(24,25)12-15)18(21)11-26-16-4-2-14(3-5-16)20(22)23/h2-6,8,15H,7,9-12H2,1H3/t15-/m0/s1. The van der Waals surface area contributed by atoms with Crippen molar-refractivity contribution in [1.82, 2.24) is 4.90 Å². The predicted molar refractivity (Wildman–Crippen MR) is 105 cm³/mol. The molecule has 0 aliphatic carbocycles. The Morgan fingerprint density at radius 3 is 2.57 bits per heavy atom. The van der Waals surface area contributed by atoms with E-state index in [1.165, 1.54) is 35.6 Å². The molecule has 10 heteroatoms. The molecule has 1 amide bonds. The molecule has 8 nitrogen and oxygen atoms in total. The molecule has 1 aliphatic heterocycles. The van der Waals surface area contributed by atoms with Crippen LogP contribution in [0.25, 0.3) is 0 Å². The number of carbonyl (C=O) groups is 1. The lowest BCUT2D eigenvalue weighted by atomic mass is 10.2. The monoisotopic (exact) mass is 424 g/mol. The topological polar surface area (TPSA) is 107 Å². The highest BCUT2D eigenvalue weighted by atomic mass is 32.2. The molecule has 0 unspecified atom stereocenters. The van der Waals surface area contributed by atoms with Gasteiger partial charge in [0.2, 0.25) is 0 Å². The Kier molecular flexibility index (Phi) is 5.99. The zero-order valence-electron chi connectivity index (χ0n) is 15.2. The van der Waals surface area contributed by atoms with E-state index in [9.17, 15) is 23.3 Å². The highest BCUT2D eigenvalue weighted by Crippen LogP contribution is 2.24. The van der Waals surface area contributed by atoms with Crippen molar-refractivity contribution in [2.45, 2.75) is 25.9 Å². The number of non-ortho nitro benzene ring substituents is 1. The normalized spacial score (nSPS) is 18.0.